The fourth-order valence-electron chi connectivity index (χ4n) is 2.05. The topological polar surface area (TPSA) is 79.3 Å². The molecule has 3 rings (SSSR count). The van der Waals surface area contributed by atoms with E-state index in [-0.39, 0.29) is 5.91 Å². The number of aromatic nitrogens is 1. The summed E-state index contributed by atoms with van der Waals surface area (Å²) in [5, 5.41) is 14.4. The Balaban J connectivity index is 1.64. The molecule has 1 aromatic heterocycles. The van der Waals surface area contributed by atoms with Crippen LogP contribution >= 0.6 is 11.3 Å². The van der Waals surface area contributed by atoms with Gasteiger partial charge in [0.05, 0.1) is 11.8 Å². The van der Waals surface area contributed by atoms with Crippen LogP contribution in [0, 0.1) is 11.8 Å². The fourth-order valence-corrected chi connectivity index (χ4v) is 2.70. The lowest BCUT2D eigenvalue weighted by molar-refractivity contribution is -0.139. The largest absolute Gasteiger partial charge is 0.481 e. The molecule has 0 aliphatic heterocycles. The zero-order valence-corrected chi connectivity index (χ0v) is 11.3. The first kappa shape index (κ1) is 12.8. The number of carboxylic acid groups (broad SMARTS) is 1. The maximum atomic E-state index is 11.8. The number of carbonyl (C=O) groups excluding carboxylic acids is 1. The zero-order chi connectivity index (χ0) is 14.1. The summed E-state index contributed by atoms with van der Waals surface area (Å²) in [5.41, 5.74) is 1.67. The lowest BCUT2D eigenvalue weighted by Crippen LogP contribution is -2.16. The van der Waals surface area contributed by atoms with Crippen LogP contribution in [-0.2, 0) is 9.59 Å². The SMILES string of the molecule is O=C(O)[C@H]1C[C@H]1C(=O)Nc1ccc(-c2nccs2)cc1. The molecule has 2 atom stereocenters. The average Bonchev–Trinajstić information content (AvgIpc) is 3.07. The predicted octanol–water partition coefficient (Wildman–Crippen LogP) is 2.47. The molecule has 1 heterocycles. The van der Waals surface area contributed by atoms with Crippen LogP contribution in [0.25, 0.3) is 10.6 Å². The van der Waals surface area contributed by atoms with Gasteiger partial charge in [0.1, 0.15) is 5.01 Å². The molecule has 2 aromatic rings. The number of nitrogens with one attached hydrogen (secondary N) is 1. The van der Waals surface area contributed by atoms with E-state index >= 15 is 0 Å². The second kappa shape index (κ2) is 5.05. The van der Waals surface area contributed by atoms with Crippen molar-refractivity contribution >= 4 is 28.9 Å². The number of benzene rings is 1. The van der Waals surface area contributed by atoms with E-state index in [0.717, 1.165) is 10.6 Å². The van der Waals surface area contributed by atoms with Gasteiger partial charge >= 0.3 is 5.97 Å². The van der Waals surface area contributed by atoms with Crippen LogP contribution in [0.4, 0.5) is 5.69 Å². The van der Waals surface area contributed by atoms with Gasteiger partial charge in [-0.05, 0) is 30.7 Å². The highest BCUT2D eigenvalue weighted by Gasteiger charge is 2.48. The zero-order valence-electron chi connectivity index (χ0n) is 10.4. The molecule has 20 heavy (non-hydrogen) atoms. The minimum absolute atomic E-state index is 0.223. The smallest absolute Gasteiger partial charge is 0.307 e. The summed E-state index contributed by atoms with van der Waals surface area (Å²) in [6, 6.07) is 7.37. The van der Waals surface area contributed by atoms with Crippen molar-refractivity contribution in [2.24, 2.45) is 11.8 Å². The Morgan fingerprint density at radius 1 is 1.25 bits per heavy atom. The van der Waals surface area contributed by atoms with Crippen LogP contribution in [0.5, 0.6) is 0 Å². The van der Waals surface area contributed by atoms with Gasteiger partial charge in [0.25, 0.3) is 0 Å². The number of aliphatic carboxylic acids is 1. The van der Waals surface area contributed by atoms with E-state index in [1.807, 2.05) is 17.5 Å². The summed E-state index contributed by atoms with van der Waals surface area (Å²) in [4.78, 5) is 26.7. The number of anilines is 1. The lowest BCUT2D eigenvalue weighted by Gasteiger charge is -2.05. The molecule has 1 aliphatic rings. The van der Waals surface area contributed by atoms with Crippen LogP contribution in [0.2, 0.25) is 0 Å². The number of amides is 1. The number of nitrogens with zero attached hydrogens (tertiary/aromatic N) is 1. The Labute approximate surface area is 119 Å². The molecule has 0 bridgehead atoms. The molecule has 5 nitrogen and oxygen atoms in total. The summed E-state index contributed by atoms with van der Waals surface area (Å²) in [7, 11) is 0. The predicted molar refractivity (Wildman–Crippen MR) is 75.4 cm³/mol. The number of thiazole rings is 1. The van der Waals surface area contributed by atoms with Crippen LogP contribution in [-0.4, -0.2) is 22.0 Å². The molecule has 1 saturated carbocycles. The Hall–Kier alpha value is -2.21. The van der Waals surface area contributed by atoms with E-state index in [1.165, 1.54) is 0 Å². The average molecular weight is 288 g/mol. The van der Waals surface area contributed by atoms with E-state index in [1.54, 1.807) is 29.7 Å². The number of carboxylic acids is 1. The molecule has 6 heteroatoms. The van der Waals surface area contributed by atoms with Gasteiger partial charge in [0.15, 0.2) is 0 Å². The monoisotopic (exact) mass is 288 g/mol. The summed E-state index contributed by atoms with van der Waals surface area (Å²) in [6.07, 6.45) is 2.17. The third-order valence-corrected chi connectivity index (χ3v) is 4.10. The van der Waals surface area contributed by atoms with Gasteiger partial charge < -0.3 is 10.4 Å². The molecule has 0 spiro atoms. The van der Waals surface area contributed by atoms with Gasteiger partial charge in [-0.1, -0.05) is 0 Å². The van der Waals surface area contributed by atoms with Gasteiger partial charge in [0, 0.05) is 22.8 Å². The highest BCUT2D eigenvalue weighted by atomic mass is 32.1. The second-order valence-corrected chi connectivity index (χ2v) is 5.59. The molecule has 0 radical (unpaired) electrons. The second-order valence-electron chi connectivity index (χ2n) is 4.69. The lowest BCUT2D eigenvalue weighted by atomic mass is 10.2. The third kappa shape index (κ3) is 2.55. The van der Waals surface area contributed by atoms with Crippen LogP contribution in [0.3, 0.4) is 0 Å². The fraction of sp³-hybridized carbons (Fsp3) is 0.214. The summed E-state index contributed by atoms with van der Waals surface area (Å²) >= 11 is 1.55. The Morgan fingerprint density at radius 2 is 2.00 bits per heavy atom. The van der Waals surface area contributed by atoms with E-state index in [4.69, 9.17) is 5.11 Å². The van der Waals surface area contributed by atoms with Gasteiger partial charge in [-0.3, -0.25) is 9.59 Å². The third-order valence-electron chi connectivity index (χ3n) is 3.28. The van der Waals surface area contributed by atoms with Gasteiger partial charge in [0.2, 0.25) is 5.91 Å². The maximum Gasteiger partial charge on any atom is 0.307 e. The number of hydrogen-bond acceptors (Lipinski definition) is 4. The Morgan fingerprint density at radius 3 is 2.55 bits per heavy atom. The van der Waals surface area contributed by atoms with Crippen LogP contribution < -0.4 is 5.32 Å². The molecule has 1 aliphatic carbocycles. The Bertz CT molecular complexity index is 637. The summed E-state index contributed by atoms with van der Waals surface area (Å²) in [6.45, 7) is 0. The van der Waals surface area contributed by atoms with Gasteiger partial charge in [-0.15, -0.1) is 11.3 Å². The van der Waals surface area contributed by atoms with Crippen molar-refractivity contribution in [3.8, 4) is 10.6 Å². The van der Waals surface area contributed by atoms with Crippen molar-refractivity contribution in [2.75, 3.05) is 5.32 Å². The van der Waals surface area contributed by atoms with Crippen LogP contribution in [0.15, 0.2) is 35.8 Å². The van der Waals surface area contributed by atoms with Crippen molar-refractivity contribution in [3.05, 3.63) is 35.8 Å². The normalized spacial score (nSPS) is 20.4. The molecule has 0 saturated heterocycles. The first-order chi connectivity index (χ1) is 9.65. The molecule has 2 N–H and O–H groups in total. The first-order valence-electron chi connectivity index (χ1n) is 6.19. The van der Waals surface area contributed by atoms with Crippen molar-refractivity contribution < 1.29 is 14.7 Å². The summed E-state index contributed by atoms with van der Waals surface area (Å²) in [5.74, 6) is -2.04. The van der Waals surface area contributed by atoms with Crippen molar-refractivity contribution in [1.82, 2.24) is 4.98 Å². The highest BCUT2D eigenvalue weighted by Crippen LogP contribution is 2.39. The molecule has 1 aromatic carbocycles. The van der Waals surface area contributed by atoms with E-state index in [2.05, 4.69) is 10.3 Å². The standard InChI is InChI=1S/C14H12N2O3S/c17-12(10-7-11(10)14(18)19)16-9-3-1-8(2-4-9)13-15-5-6-20-13/h1-6,10-11H,7H2,(H,16,17)(H,18,19)/t10-,11+/m1/s1. The molecule has 1 fully saturated rings. The number of hydrogen-bond donors (Lipinski definition) is 2. The van der Waals surface area contributed by atoms with Crippen LogP contribution in [0.1, 0.15) is 6.42 Å². The molecular weight excluding hydrogens is 276 g/mol. The van der Waals surface area contributed by atoms with Gasteiger partial charge in [-0.2, -0.15) is 0 Å². The minimum Gasteiger partial charge on any atom is -0.481 e. The highest BCUT2D eigenvalue weighted by molar-refractivity contribution is 7.13. The van der Waals surface area contributed by atoms with Gasteiger partial charge in [-0.25, -0.2) is 4.98 Å². The van der Waals surface area contributed by atoms with E-state index in [0.29, 0.717) is 12.1 Å². The summed E-state index contributed by atoms with van der Waals surface area (Å²) < 4.78 is 0. The van der Waals surface area contributed by atoms with E-state index in [9.17, 15) is 9.59 Å². The van der Waals surface area contributed by atoms with Crippen molar-refractivity contribution in [3.63, 3.8) is 0 Å². The van der Waals surface area contributed by atoms with Crippen molar-refractivity contribution in [2.45, 2.75) is 6.42 Å². The number of rotatable bonds is 4. The Kier molecular flexibility index (Phi) is 3.23. The molecule has 102 valence electrons. The van der Waals surface area contributed by atoms with Crippen molar-refractivity contribution in [1.29, 1.82) is 0 Å². The minimum atomic E-state index is -0.899. The molecule has 0 unspecified atom stereocenters. The quantitative estimate of drug-likeness (QED) is 0.905. The molecular formula is C14H12N2O3S. The number of carbonyl (C=O) groups is 2. The van der Waals surface area contributed by atoms with E-state index < -0.39 is 17.8 Å². The maximum absolute atomic E-state index is 11.8. The molecule has 1 amide bonds. The first-order valence-corrected chi connectivity index (χ1v) is 7.07.